The van der Waals surface area contributed by atoms with Crippen molar-refractivity contribution in [3.05, 3.63) is 70.8 Å². The molecule has 1 saturated carbocycles. The largest absolute Gasteiger partial charge is 0.465 e. The Bertz CT molecular complexity index is 993. The Morgan fingerprint density at radius 1 is 1.11 bits per heavy atom. The van der Waals surface area contributed by atoms with Crippen molar-refractivity contribution in [3.63, 3.8) is 0 Å². The minimum Gasteiger partial charge on any atom is -0.465 e. The summed E-state index contributed by atoms with van der Waals surface area (Å²) in [5.74, 6) is -0.864. The molecule has 1 amide bonds. The molecule has 0 radical (unpaired) electrons. The number of nitrogens with one attached hydrogen (secondary N) is 2. The zero-order valence-corrected chi connectivity index (χ0v) is 21.1. The fraction of sp³-hybridized carbons (Fsp3) is 0.536. The number of hydrogen-bond donors (Lipinski definition) is 4. The number of halogens is 2. The third kappa shape index (κ3) is 7.24. The smallest absolute Gasteiger partial charge is 0.404 e. The average Bonchev–Trinajstić information content (AvgIpc) is 2.77. The minimum atomic E-state index is -1.30. The predicted molar refractivity (Wildman–Crippen MR) is 133 cm³/mol. The van der Waals surface area contributed by atoms with E-state index in [9.17, 15) is 23.8 Å². The second-order valence-electron chi connectivity index (χ2n) is 11.1. The molecule has 0 spiro atoms. The predicted octanol–water partition coefficient (Wildman–Crippen LogP) is 5.50. The SMILES string of the molecule is CC1CCC(NCC(O)C(Cc2cc(F)cc(F)c2)NC(=O)O)(c2cccc(C(C)(C)C)c2)CC1. The number of carboxylic acid groups (broad SMARTS) is 1. The van der Waals surface area contributed by atoms with Gasteiger partial charge in [-0.1, -0.05) is 52.0 Å². The van der Waals surface area contributed by atoms with Crippen LogP contribution in [0.4, 0.5) is 13.6 Å². The van der Waals surface area contributed by atoms with Gasteiger partial charge in [0.15, 0.2) is 0 Å². The van der Waals surface area contributed by atoms with Crippen LogP contribution in [0.5, 0.6) is 0 Å². The summed E-state index contributed by atoms with van der Waals surface area (Å²) in [6.45, 7) is 8.91. The third-order valence-electron chi connectivity index (χ3n) is 7.21. The van der Waals surface area contributed by atoms with Gasteiger partial charge in [0.25, 0.3) is 0 Å². The van der Waals surface area contributed by atoms with Gasteiger partial charge in [0.05, 0.1) is 12.1 Å². The summed E-state index contributed by atoms with van der Waals surface area (Å²) in [6, 6.07) is 10.7. The lowest BCUT2D eigenvalue weighted by atomic mass is 9.72. The number of rotatable bonds is 8. The molecular formula is C28H38F2N2O3. The Morgan fingerprint density at radius 2 is 1.74 bits per heavy atom. The van der Waals surface area contributed by atoms with E-state index in [1.54, 1.807) is 0 Å². The molecule has 4 N–H and O–H groups in total. The Hall–Kier alpha value is -2.51. The summed E-state index contributed by atoms with van der Waals surface area (Å²) >= 11 is 0. The summed E-state index contributed by atoms with van der Waals surface area (Å²) in [5.41, 5.74) is 2.33. The van der Waals surface area contributed by atoms with Gasteiger partial charge in [-0.25, -0.2) is 13.6 Å². The fourth-order valence-corrected chi connectivity index (χ4v) is 4.97. The van der Waals surface area contributed by atoms with Crippen molar-refractivity contribution in [2.75, 3.05) is 6.54 Å². The van der Waals surface area contributed by atoms with Crippen molar-refractivity contribution in [1.82, 2.24) is 10.6 Å². The molecule has 2 unspecified atom stereocenters. The molecule has 0 aliphatic heterocycles. The lowest BCUT2D eigenvalue weighted by Gasteiger charge is -2.42. The van der Waals surface area contributed by atoms with E-state index in [1.807, 2.05) is 0 Å². The summed E-state index contributed by atoms with van der Waals surface area (Å²) in [6.07, 6.45) is 1.46. The van der Waals surface area contributed by atoms with Crippen LogP contribution in [0, 0.1) is 17.6 Å². The molecule has 0 aromatic heterocycles. The average molecular weight is 489 g/mol. The van der Waals surface area contributed by atoms with E-state index in [-0.39, 0.29) is 29.5 Å². The van der Waals surface area contributed by atoms with Crippen LogP contribution in [0.15, 0.2) is 42.5 Å². The van der Waals surface area contributed by atoms with Crippen molar-refractivity contribution >= 4 is 6.09 Å². The van der Waals surface area contributed by atoms with Gasteiger partial charge in [0.2, 0.25) is 0 Å². The van der Waals surface area contributed by atoms with Gasteiger partial charge in [-0.15, -0.1) is 0 Å². The van der Waals surface area contributed by atoms with E-state index < -0.39 is 29.9 Å². The van der Waals surface area contributed by atoms with Crippen LogP contribution in [-0.2, 0) is 17.4 Å². The first-order valence-electron chi connectivity index (χ1n) is 12.4. The molecule has 2 aromatic carbocycles. The van der Waals surface area contributed by atoms with Gasteiger partial charge in [-0.3, -0.25) is 0 Å². The van der Waals surface area contributed by atoms with E-state index in [2.05, 4.69) is 62.6 Å². The van der Waals surface area contributed by atoms with Crippen LogP contribution in [0.2, 0.25) is 0 Å². The Kier molecular flexibility index (Phi) is 8.54. The minimum absolute atomic E-state index is 0.00456. The van der Waals surface area contributed by atoms with E-state index in [4.69, 9.17) is 0 Å². The molecule has 1 fully saturated rings. The second-order valence-corrected chi connectivity index (χ2v) is 11.1. The first-order chi connectivity index (χ1) is 16.4. The van der Waals surface area contributed by atoms with Gasteiger partial charge >= 0.3 is 6.09 Å². The maximum Gasteiger partial charge on any atom is 0.404 e. The maximum absolute atomic E-state index is 13.7. The lowest BCUT2D eigenvalue weighted by Crippen LogP contribution is -2.53. The molecule has 1 aliphatic rings. The van der Waals surface area contributed by atoms with E-state index in [0.717, 1.165) is 43.9 Å². The van der Waals surface area contributed by atoms with Crippen molar-refractivity contribution in [1.29, 1.82) is 0 Å². The molecule has 0 heterocycles. The highest BCUT2D eigenvalue weighted by Crippen LogP contribution is 2.40. The number of aliphatic hydroxyl groups excluding tert-OH is 1. The molecule has 7 heteroatoms. The normalized spacial score (nSPS) is 22.4. The van der Waals surface area contributed by atoms with E-state index in [0.29, 0.717) is 5.92 Å². The highest BCUT2D eigenvalue weighted by molar-refractivity contribution is 5.65. The fourth-order valence-electron chi connectivity index (χ4n) is 4.97. The molecule has 1 aliphatic carbocycles. The van der Waals surface area contributed by atoms with Gasteiger partial charge in [-0.2, -0.15) is 0 Å². The molecule has 0 saturated heterocycles. The third-order valence-corrected chi connectivity index (χ3v) is 7.21. The summed E-state index contributed by atoms with van der Waals surface area (Å²) in [4.78, 5) is 11.4. The number of hydrogen-bond acceptors (Lipinski definition) is 3. The topological polar surface area (TPSA) is 81.6 Å². The maximum atomic E-state index is 13.7. The molecule has 0 bridgehead atoms. The first-order valence-corrected chi connectivity index (χ1v) is 12.4. The molecule has 192 valence electrons. The molecular weight excluding hydrogens is 450 g/mol. The number of amides is 1. The van der Waals surface area contributed by atoms with Crippen LogP contribution < -0.4 is 10.6 Å². The van der Waals surface area contributed by atoms with E-state index in [1.165, 1.54) is 11.1 Å². The Balaban J connectivity index is 1.82. The Morgan fingerprint density at radius 3 is 2.31 bits per heavy atom. The molecule has 35 heavy (non-hydrogen) atoms. The zero-order valence-electron chi connectivity index (χ0n) is 21.1. The van der Waals surface area contributed by atoms with Crippen molar-refractivity contribution in [2.45, 2.75) is 82.9 Å². The van der Waals surface area contributed by atoms with Crippen LogP contribution >= 0.6 is 0 Å². The zero-order chi connectivity index (χ0) is 25.8. The molecule has 3 rings (SSSR count). The highest BCUT2D eigenvalue weighted by atomic mass is 19.1. The van der Waals surface area contributed by atoms with Gasteiger partial charge < -0.3 is 20.8 Å². The molecule has 2 aromatic rings. The molecule has 2 atom stereocenters. The van der Waals surface area contributed by atoms with Gasteiger partial charge in [-0.05, 0) is 72.3 Å². The quantitative estimate of drug-likeness (QED) is 0.396. The first kappa shape index (κ1) is 27.1. The van der Waals surface area contributed by atoms with Crippen LogP contribution in [0.1, 0.15) is 70.1 Å². The monoisotopic (exact) mass is 488 g/mol. The summed E-state index contributed by atoms with van der Waals surface area (Å²) < 4.78 is 27.3. The summed E-state index contributed by atoms with van der Waals surface area (Å²) in [5, 5.41) is 26.2. The highest BCUT2D eigenvalue weighted by Gasteiger charge is 2.37. The van der Waals surface area contributed by atoms with E-state index >= 15 is 0 Å². The number of benzene rings is 2. The van der Waals surface area contributed by atoms with Crippen molar-refractivity contribution in [2.24, 2.45) is 5.92 Å². The van der Waals surface area contributed by atoms with Gasteiger partial charge in [0.1, 0.15) is 11.6 Å². The van der Waals surface area contributed by atoms with Crippen LogP contribution in [0.25, 0.3) is 0 Å². The standard InChI is InChI=1S/C28H38F2N2O3/c1-18-8-10-28(11-9-18,21-7-5-6-20(15-21)27(2,3)4)31-17-25(33)24(32-26(34)35)14-19-12-22(29)16-23(30)13-19/h5-7,12-13,15-16,18,24-25,31-33H,8-11,14,17H2,1-4H3,(H,34,35). The van der Waals surface area contributed by atoms with Crippen LogP contribution in [0.3, 0.4) is 0 Å². The second kappa shape index (κ2) is 11.0. The van der Waals surface area contributed by atoms with Gasteiger partial charge in [0, 0.05) is 18.2 Å². The van der Waals surface area contributed by atoms with Crippen molar-refractivity contribution in [3.8, 4) is 0 Å². The number of carbonyl (C=O) groups is 1. The van der Waals surface area contributed by atoms with Crippen molar-refractivity contribution < 1.29 is 23.8 Å². The molecule has 5 nitrogen and oxygen atoms in total. The summed E-state index contributed by atoms with van der Waals surface area (Å²) in [7, 11) is 0. The number of aliphatic hydroxyl groups is 1. The lowest BCUT2D eigenvalue weighted by molar-refractivity contribution is 0.0962. The Labute approximate surface area is 207 Å². The van der Waals surface area contributed by atoms with Crippen LogP contribution in [-0.4, -0.2) is 35.0 Å².